The van der Waals surface area contributed by atoms with Crippen molar-refractivity contribution in [3.05, 3.63) is 40.7 Å². The van der Waals surface area contributed by atoms with Crippen molar-refractivity contribution in [3.8, 4) is 0 Å². The molecule has 0 saturated carbocycles. The van der Waals surface area contributed by atoms with Gasteiger partial charge in [0.05, 0.1) is 18.0 Å². The van der Waals surface area contributed by atoms with Gasteiger partial charge in [0.15, 0.2) is 0 Å². The molecule has 2 aliphatic rings. The van der Waals surface area contributed by atoms with Gasteiger partial charge < -0.3 is 4.90 Å². The number of amides is 1. The molecular formula is C15H17N3O. The van der Waals surface area contributed by atoms with Crippen molar-refractivity contribution >= 4 is 11.6 Å². The zero-order valence-electron chi connectivity index (χ0n) is 11.3. The highest BCUT2D eigenvalue weighted by atomic mass is 16.2. The van der Waals surface area contributed by atoms with Crippen molar-refractivity contribution in [1.29, 1.82) is 0 Å². The van der Waals surface area contributed by atoms with Crippen molar-refractivity contribution in [3.63, 3.8) is 0 Å². The molecule has 0 aliphatic carbocycles. The van der Waals surface area contributed by atoms with E-state index in [0.717, 1.165) is 36.5 Å². The first-order chi connectivity index (χ1) is 9.16. The Kier molecular flexibility index (Phi) is 2.93. The molecule has 0 unspecified atom stereocenters. The maximum absolute atomic E-state index is 11.5. The summed E-state index contributed by atoms with van der Waals surface area (Å²) in [5, 5.41) is 0. The molecule has 1 aromatic heterocycles. The fourth-order valence-electron chi connectivity index (χ4n) is 2.71. The first kappa shape index (κ1) is 12.1. The van der Waals surface area contributed by atoms with Crippen molar-refractivity contribution in [2.24, 2.45) is 4.99 Å². The molecule has 0 N–H and O–H groups in total. The molecule has 0 aromatic carbocycles. The van der Waals surface area contributed by atoms with Crippen LogP contribution in [0, 0.1) is 6.92 Å². The van der Waals surface area contributed by atoms with Crippen LogP contribution in [0.15, 0.2) is 34.5 Å². The Bertz CT molecular complexity index is 601. The predicted molar refractivity (Wildman–Crippen MR) is 74.3 cm³/mol. The lowest BCUT2D eigenvalue weighted by atomic mass is 9.96. The van der Waals surface area contributed by atoms with Gasteiger partial charge in [-0.3, -0.25) is 14.8 Å². The third-order valence-corrected chi connectivity index (χ3v) is 3.85. The van der Waals surface area contributed by atoms with Crippen LogP contribution in [0.25, 0.3) is 0 Å². The number of aliphatic imine (C=N–C) groups is 1. The molecule has 19 heavy (non-hydrogen) atoms. The summed E-state index contributed by atoms with van der Waals surface area (Å²) in [5.74, 6) is 0.135. The van der Waals surface area contributed by atoms with E-state index in [0.29, 0.717) is 6.54 Å². The Labute approximate surface area is 112 Å². The molecule has 0 radical (unpaired) electrons. The average Bonchev–Trinajstić information content (AvgIpc) is 2.82. The second-order valence-corrected chi connectivity index (χ2v) is 5.11. The number of hydrogen-bond donors (Lipinski definition) is 0. The summed E-state index contributed by atoms with van der Waals surface area (Å²) in [5.41, 5.74) is 5.66. The summed E-state index contributed by atoms with van der Waals surface area (Å²) < 4.78 is 0. The van der Waals surface area contributed by atoms with E-state index in [1.54, 1.807) is 13.1 Å². The number of carbonyl (C=O) groups is 1. The first-order valence-electron chi connectivity index (χ1n) is 6.60. The summed E-state index contributed by atoms with van der Waals surface area (Å²) in [7, 11) is 0. The largest absolute Gasteiger partial charge is 0.338 e. The molecule has 0 atom stereocenters. The molecule has 2 aliphatic heterocycles. The Balaban J connectivity index is 1.95. The van der Waals surface area contributed by atoms with Crippen molar-refractivity contribution in [1.82, 2.24) is 9.88 Å². The highest BCUT2D eigenvalue weighted by Gasteiger charge is 2.28. The van der Waals surface area contributed by atoms with Gasteiger partial charge >= 0.3 is 0 Å². The molecule has 0 spiro atoms. The van der Waals surface area contributed by atoms with Gasteiger partial charge in [-0.25, -0.2) is 0 Å². The zero-order valence-corrected chi connectivity index (χ0v) is 11.3. The van der Waals surface area contributed by atoms with E-state index in [9.17, 15) is 4.79 Å². The topological polar surface area (TPSA) is 45.6 Å². The number of aryl methyl sites for hydroxylation is 1. The van der Waals surface area contributed by atoms with Crippen LogP contribution >= 0.6 is 0 Å². The van der Waals surface area contributed by atoms with Crippen molar-refractivity contribution < 1.29 is 4.79 Å². The molecule has 98 valence electrons. The van der Waals surface area contributed by atoms with Crippen LogP contribution < -0.4 is 0 Å². The van der Waals surface area contributed by atoms with Crippen molar-refractivity contribution in [2.45, 2.75) is 20.3 Å². The molecule has 3 rings (SSSR count). The van der Waals surface area contributed by atoms with Crippen LogP contribution in [0.5, 0.6) is 0 Å². The van der Waals surface area contributed by atoms with E-state index in [2.05, 4.69) is 23.0 Å². The molecular weight excluding hydrogens is 238 g/mol. The average molecular weight is 255 g/mol. The monoisotopic (exact) mass is 255 g/mol. The molecule has 0 bridgehead atoms. The van der Waals surface area contributed by atoms with E-state index >= 15 is 0 Å². The lowest BCUT2D eigenvalue weighted by molar-refractivity contribution is -0.128. The molecule has 0 saturated heterocycles. The van der Waals surface area contributed by atoms with Crippen LogP contribution in [-0.2, 0) is 4.79 Å². The molecule has 3 heterocycles. The fraction of sp³-hybridized carbons (Fsp3) is 0.400. The number of nitrogens with zero attached hydrogens (tertiary/aromatic N) is 3. The standard InChI is InChI=1S/C15H17N3O/c1-10-4-3-6-16-14(10)15-13-9-18(11(2)19)7-5-12(13)8-17-15/h3-4,6H,5,7-9H2,1-2H3. The predicted octanol–water partition coefficient (Wildman–Crippen LogP) is 1.74. The summed E-state index contributed by atoms with van der Waals surface area (Å²) in [6.07, 6.45) is 2.74. The molecule has 1 aromatic rings. The Morgan fingerprint density at radius 3 is 3.00 bits per heavy atom. The van der Waals surface area contributed by atoms with Gasteiger partial charge in [0.2, 0.25) is 5.91 Å². The second-order valence-electron chi connectivity index (χ2n) is 5.11. The van der Waals surface area contributed by atoms with E-state index in [4.69, 9.17) is 0 Å². The second kappa shape index (κ2) is 4.61. The third kappa shape index (κ3) is 2.07. The Morgan fingerprint density at radius 2 is 2.26 bits per heavy atom. The van der Waals surface area contributed by atoms with Gasteiger partial charge in [0.25, 0.3) is 0 Å². The van der Waals surface area contributed by atoms with Gasteiger partial charge in [0, 0.05) is 31.8 Å². The van der Waals surface area contributed by atoms with Crippen LogP contribution in [-0.4, -0.2) is 41.1 Å². The number of carbonyl (C=O) groups excluding carboxylic acids is 1. The summed E-state index contributed by atoms with van der Waals surface area (Å²) in [6.45, 7) is 5.95. The Morgan fingerprint density at radius 1 is 1.42 bits per heavy atom. The summed E-state index contributed by atoms with van der Waals surface area (Å²) >= 11 is 0. The van der Waals surface area contributed by atoms with Crippen LogP contribution in [0.4, 0.5) is 0 Å². The maximum atomic E-state index is 11.5. The van der Waals surface area contributed by atoms with Crippen LogP contribution in [0.3, 0.4) is 0 Å². The van der Waals surface area contributed by atoms with Gasteiger partial charge in [-0.2, -0.15) is 0 Å². The number of aromatic nitrogens is 1. The minimum Gasteiger partial charge on any atom is -0.338 e. The lowest BCUT2D eigenvalue weighted by Crippen LogP contribution is -2.36. The fourth-order valence-corrected chi connectivity index (χ4v) is 2.71. The lowest BCUT2D eigenvalue weighted by Gasteiger charge is -2.27. The maximum Gasteiger partial charge on any atom is 0.219 e. The number of hydrogen-bond acceptors (Lipinski definition) is 3. The minimum absolute atomic E-state index is 0.135. The SMILES string of the molecule is CC(=O)N1CCC2=C(C1)C(c1ncccc1C)=NC2. The summed E-state index contributed by atoms with van der Waals surface area (Å²) in [4.78, 5) is 22.5. The van der Waals surface area contributed by atoms with Crippen LogP contribution in [0.1, 0.15) is 24.6 Å². The smallest absolute Gasteiger partial charge is 0.219 e. The highest BCUT2D eigenvalue weighted by Crippen LogP contribution is 2.27. The van der Waals surface area contributed by atoms with Crippen molar-refractivity contribution in [2.75, 3.05) is 19.6 Å². The van der Waals surface area contributed by atoms with Gasteiger partial charge in [0.1, 0.15) is 0 Å². The van der Waals surface area contributed by atoms with E-state index in [-0.39, 0.29) is 5.91 Å². The van der Waals surface area contributed by atoms with E-state index in [1.807, 2.05) is 11.0 Å². The molecule has 0 fully saturated rings. The third-order valence-electron chi connectivity index (χ3n) is 3.85. The quantitative estimate of drug-likeness (QED) is 0.767. The van der Waals surface area contributed by atoms with E-state index < -0.39 is 0 Å². The zero-order chi connectivity index (χ0) is 13.4. The molecule has 4 heteroatoms. The van der Waals surface area contributed by atoms with Crippen LogP contribution in [0.2, 0.25) is 0 Å². The minimum atomic E-state index is 0.135. The van der Waals surface area contributed by atoms with Gasteiger partial charge in [-0.15, -0.1) is 0 Å². The number of rotatable bonds is 1. The van der Waals surface area contributed by atoms with E-state index in [1.165, 1.54) is 11.1 Å². The molecule has 1 amide bonds. The highest BCUT2D eigenvalue weighted by molar-refractivity contribution is 6.14. The Hall–Kier alpha value is -1.97. The number of pyridine rings is 1. The normalized spacial score (nSPS) is 18.4. The summed E-state index contributed by atoms with van der Waals surface area (Å²) in [6, 6.07) is 3.99. The molecule has 4 nitrogen and oxygen atoms in total. The van der Waals surface area contributed by atoms with Gasteiger partial charge in [-0.1, -0.05) is 6.07 Å². The first-order valence-corrected chi connectivity index (χ1v) is 6.60. The van der Waals surface area contributed by atoms with Gasteiger partial charge in [-0.05, 0) is 30.5 Å².